The second kappa shape index (κ2) is 7.51. The first-order valence-electron chi connectivity index (χ1n) is 7.21. The Labute approximate surface area is 119 Å². The van der Waals surface area contributed by atoms with E-state index in [0.717, 1.165) is 31.2 Å². The fraction of sp³-hybridized carbons (Fsp3) is 0.529. The van der Waals surface area contributed by atoms with Crippen molar-refractivity contribution in [3.63, 3.8) is 0 Å². The Morgan fingerprint density at radius 2 is 1.75 bits per heavy atom. The highest BCUT2D eigenvalue weighted by atomic mass is 19.4. The maximum atomic E-state index is 13.3. The molecule has 0 fully saturated rings. The summed E-state index contributed by atoms with van der Waals surface area (Å²) >= 11 is 0. The third-order valence-corrected chi connectivity index (χ3v) is 3.61. The molecule has 0 amide bonds. The van der Waals surface area contributed by atoms with Crippen LogP contribution >= 0.6 is 0 Å². The van der Waals surface area contributed by atoms with E-state index in [0.29, 0.717) is 24.0 Å². The lowest BCUT2D eigenvalue weighted by Gasteiger charge is -2.18. The van der Waals surface area contributed by atoms with Gasteiger partial charge in [-0.1, -0.05) is 38.0 Å². The Kier molecular flexibility index (Phi) is 6.31. The molecule has 0 saturated heterocycles. The average Bonchev–Trinajstić information content (AvgIpc) is 2.37. The van der Waals surface area contributed by atoms with E-state index in [9.17, 15) is 13.2 Å². The molecule has 0 radical (unpaired) electrons. The summed E-state index contributed by atoms with van der Waals surface area (Å²) in [7, 11) is 0. The maximum absolute atomic E-state index is 13.3. The van der Waals surface area contributed by atoms with Gasteiger partial charge in [0.15, 0.2) is 0 Å². The van der Waals surface area contributed by atoms with Crippen LogP contribution in [0.3, 0.4) is 0 Å². The van der Waals surface area contributed by atoms with Crippen molar-refractivity contribution in [2.45, 2.75) is 58.5 Å². The zero-order valence-electron chi connectivity index (χ0n) is 12.3. The molecule has 1 rings (SSSR count). The van der Waals surface area contributed by atoms with E-state index in [1.54, 1.807) is 19.1 Å². The Morgan fingerprint density at radius 1 is 1.10 bits per heavy atom. The first kappa shape index (κ1) is 16.8. The molecule has 0 saturated carbocycles. The summed E-state index contributed by atoms with van der Waals surface area (Å²) in [4.78, 5) is 0. The molecule has 0 spiro atoms. The molecular weight excluding hydrogens is 261 g/mol. The molecule has 112 valence electrons. The first-order valence-corrected chi connectivity index (χ1v) is 7.21. The fourth-order valence-corrected chi connectivity index (χ4v) is 2.51. The van der Waals surface area contributed by atoms with Gasteiger partial charge in [0.25, 0.3) is 0 Å². The van der Waals surface area contributed by atoms with Crippen molar-refractivity contribution in [2.24, 2.45) is 0 Å². The largest absolute Gasteiger partial charge is 0.416 e. The third-order valence-electron chi connectivity index (χ3n) is 3.61. The molecule has 0 aromatic heterocycles. The highest BCUT2D eigenvalue weighted by Crippen LogP contribution is 2.36. The van der Waals surface area contributed by atoms with Crippen LogP contribution in [-0.2, 0) is 19.0 Å². The minimum atomic E-state index is -4.28. The highest BCUT2D eigenvalue weighted by molar-refractivity contribution is 5.42. The van der Waals surface area contributed by atoms with Gasteiger partial charge in [-0.25, -0.2) is 0 Å². The van der Waals surface area contributed by atoms with E-state index in [1.807, 2.05) is 6.07 Å². The lowest BCUT2D eigenvalue weighted by Crippen LogP contribution is -2.13. The van der Waals surface area contributed by atoms with Gasteiger partial charge in [0, 0.05) is 0 Å². The van der Waals surface area contributed by atoms with Gasteiger partial charge >= 0.3 is 6.18 Å². The fourth-order valence-electron chi connectivity index (χ4n) is 2.51. The Morgan fingerprint density at radius 3 is 2.30 bits per heavy atom. The Bertz CT molecular complexity index is 444. The zero-order valence-corrected chi connectivity index (χ0v) is 12.3. The summed E-state index contributed by atoms with van der Waals surface area (Å²) in [5.74, 6) is 0. The zero-order chi connectivity index (χ0) is 15.2. The van der Waals surface area contributed by atoms with Crippen LogP contribution in [0, 0.1) is 6.92 Å². The molecule has 1 aromatic carbocycles. The van der Waals surface area contributed by atoms with Crippen LogP contribution in [0.5, 0.6) is 0 Å². The van der Waals surface area contributed by atoms with Crippen molar-refractivity contribution in [3.8, 4) is 0 Å². The number of halogens is 3. The lowest BCUT2D eigenvalue weighted by atomic mass is 9.91. The minimum absolute atomic E-state index is 0.383. The third kappa shape index (κ3) is 4.39. The maximum Gasteiger partial charge on any atom is 0.416 e. The second-order valence-corrected chi connectivity index (χ2v) is 5.17. The predicted molar refractivity (Wildman–Crippen MR) is 77.9 cm³/mol. The van der Waals surface area contributed by atoms with Gasteiger partial charge in [-0.15, -0.1) is 6.58 Å². The van der Waals surface area contributed by atoms with E-state index >= 15 is 0 Å². The normalized spacial score (nSPS) is 11.7. The molecule has 0 aliphatic rings. The van der Waals surface area contributed by atoms with Gasteiger partial charge in [0.2, 0.25) is 0 Å². The van der Waals surface area contributed by atoms with E-state index in [1.165, 1.54) is 0 Å². The number of rotatable bonds is 7. The van der Waals surface area contributed by atoms with Gasteiger partial charge in [0.05, 0.1) is 5.56 Å². The van der Waals surface area contributed by atoms with E-state index in [4.69, 9.17) is 0 Å². The van der Waals surface area contributed by atoms with Gasteiger partial charge < -0.3 is 0 Å². The molecule has 0 unspecified atom stereocenters. The molecule has 0 heterocycles. The molecule has 3 heteroatoms. The van der Waals surface area contributed by atoms with Crippen LogP contribution in [0.1, 0.15) is 54.9 Å². The number of hydrogen-bond donors (Lipinski definition) is 0. The molecule has 0 aliphatic carbocycles. The number of hydrogen-bond acceptors (Lipinski definition) is 0. The Balaban J connectivity index is 3.10. The van der Waals surface area contributed by atoms with Crippen molar-refractivity contribution in [1.29, 1.82) is 0 Å². The van der Waals surface area contributed by atoms with Crippen LogP contribution in [0.25, 0.3) is 0 Å². The summed E-state index contributed by atoms with van der Waals surface area (Å²) in [5.41, 5.74) is 1.17. The molecule has 0 nitrogen and oxygen atoms in total. The lowest BCUT2D eigenvalue weighted by molar-refractivity contribution is -0.138. The van der Waals surface area contributed by atoms with Crippen molar-refractivity contribution in [3.05, 3.63) is 47.0 Å². The smallest absolute Gasteiger partial charge is 0.166 e. The SMILES string of the molecule is C=CCCc1ccc(CCCCC)c(C)c1C(F)(F)F. The Hall–Kier alpha value is -1.25. The molecule has 0 aliphatic heterocycles. The van der Waals surface area contributed by atoms with Crippen molar-refractivity contribution in [1.82, 2.24) is 0 Å². The monoisotopic (exact) mass is 284 g/mol. The second-order valence-electron chi connectivity index (χ2n) is 5.17. The van der Waals surface area contributed by atoms with Crippen molar-refractivity contribution < 1.29 is 13.2 Å². The number of unbranched alkanes of at least 4 members (excludes halogenated alkanes) is 2. The number of aryl methyl sites for hydroxylation is 2. The summed E-state index contributed by atoms with van der Waals surface area (Å²) < 4.78 is 39.8. The van der Waals surface area contributed by atoms with E-state index in [2.05, 4.69) is 13.5 Å². The van der Waals surface area contributed by atoms with E-state index in [-0.39, 0.29) is 0 Å². The first-order chi connectivity index (χ1) is 9.41. The van der Waals surface area contributed by atoms with Crippen LogP contribution in [0.15, 0.2) is 24.8 Å². The standard InChI is InChI=1S/C17H23F3/c1-4-6-8-10-14-11-12-15(9-7-5-2)16(13(14)3)17(18,19)20/h5,11-12H,2,4,6-10H2,1,3H3. The highest BCUT2D eigenvalue weighted by Gasteiger charge is 2.35. The molecule has 0 bridgehead atoms. The van der Waals surface area contributed by atoms with Crippen molar-refractivity contribution in [2.75, 3.05) is 0 Å². The van der Waals surface area contributed by atoms with Crippen LogP contribution in [-0.4, -0.2) is 0 Å². The van der Waals surface area contributed by atoms with Gasteiger partial charge in [-0.3, -0.25) is 0 Å². The molecule has 0 N–H and O–H groups in total. The van der Waals surface area contributed by atoms with Crippen molar-refractivity contribution >= 4 is 0 Å². The summed E-state index contributed by atoms with van der Waals surface area (Å²) in [6, 6.07) is 3.50. The topological polar surface area (TPSA) is 0 Å². The summed E-state index contributed by atoms with van der Waals surface area (Å²) in [5, 5.41) is 0. The average molecular weight is 284 g/mol. The number of benzene rings is 1. The van der Waals surface area contributed by atoms with E-state index < -0.39 is 11.7 Å². The molecule has 20 heavy (non-hydrogen) atoms. The molecule has 0 atom stereocenters. The van der Waals surface area contributed by atoms with Gasteiger partial charge in [0.1, 0.15) is 0 Å². The molecular formula is C17H23F3. The van der Waals surface area contributed by atoms with Gasteiger partial charge in [-0.05, 0) is 49.3 Å². The molecule has 1 aromatic rings. The number of alkyl halides is 3. The van der Waals surface area contributed by atoms with Crippen LogP contribution in [0.4, 0.5) is 13.2 Å². The van der Waals surface area contributed by atoms with Crippen LogP contribution in [0.2, 0.25) is 0 Å². The minimum Gasteiger partial charge on any atom is -0.166 e. The van der Waals surface area contributed by atoms with Gasteiger partial charge in [-0.2, -0.15) is 13.2 Å². The summed E-state index contributed by atoms with van der Waals surface area (Å²) in [6.45, 7) is 7.26. The summed E-state index contributed by atoms with van der Waals surface area (Å²) in [6.07, 6.45) is 2.14. The number of allylic oxidation sites excluding steroid dienone is 1. The predicted octanol–water partition coefficient (Wildman–Crippen LogP) is 5.87. The van der Waals surface area contributed by atoms with Crippen LogP contribution < -0.4 is 0 Å². The quantitative estimate of drug-likeness (QED) is 0.434.